The van der Waals surface area contributed by atoms with E-state index in [1.165, 1.54) is 65.5 Å². The number of nitrogens with zero attached hydrogens (tertiary/aromatic N) is 1. The van der Waals surface area contributed by atoms with Gasteiger partial charge in [-0.25, -0.2) is 0 Å². The summed E-state index contributed by atoms with van der Waals surface area (Å²) in [5, 5.41) is 0. The molecule has 0 aromatic carbocycles. The molecule has 1 aromatic rings. The number of aromatic nitrogens is 1. The highest BCUT2D eigenvalue weighted by Crippen LogP contribution is 2.42. The Morgan fingerprint density at radius 1 is 1.21 bits per heavy atom. The molecule has 0 amide bonds. The molecule has 3 rings (SSSR count). The molecule has 2 aliphatic rings. The van der Waals surface area contributed by atoms with Crippen molar-refractivity contribution in [2.75, 3.05) is 0 Å². The Morgan fingerprint density at radius 2 is 1.96 bits per heavy atom. The summed E-state index contributed by atoms with van der Waals surface area (Å²) in [4.78, 5) is 4.44. The second kappa shape index (κ2) is 8.64. The molecule has 2 aliphatic carbocycles. The van der Waals surface area contributed by atoms with Gasteiger partial charge < -0.3 is 0 Å². The van der Waals surface area contributed by atoms with Gasteiger partial charge in [0, 0.05) is 17.8 Å². The Balaban J connectivity index is 1.90. The Morgan fingerprint density at radius 3 is 2.54 bits per heavy atom. The molecule has 1 aromatic heterocycles. The van der Waals surface area contributed by atoms with Gasteiger partial charge >= 0.3 is 0 Å². The van der Waals surface area contributed by atoms with Gasteiger partial charge in [0.1, 0.15) is 0 Å². The second-order valence-electron chi connectivity index (χ2n) is 9.49. The first-order valence-electron chi connectivity index (χ1n) is 10.9. The first-order valence-corrected chi connectivity index (χ1v) is 10.9. The third-order valence-corrected chi connectivity index (χ3v) is 6.97. The van der Waals surface area contributed by atoms with Crippen LogP contribution in [-0.2, 0) is 6.42 Å². The fourth-order valence-electron chi connectivity index (χ4n) is 4.50. The molecule has 0 aliphatic heterocycles. The Hall–Kier alpha value is -1.89. The number of rotatable bonds is 7. The molecule has 0 radical (unpaired) electrons. The molecule has 0 bridgehead atoms. The van der Waals surface area contributed by atoms with Crippen molar-refractivity contribution < 1.29 is 0 Å². The summed E-state index contributed by atoms with van der Waals surface area (Å²) >= 11 is 0. The maximum absolute atomic E-state index is 4.44. The highest BCUT2D eigenvalue weighted by Gasteiger charge is 2.27. The lowest BCUT2D eigenvalue weighted by molar-refractivity contribution is 0.296. The van der Waals surface area contributed by atoms with Crippen LogP contribution in [0.3, 0.4) is 0 Å². The van der Waals surface area contributed by atoms with E-state index in [9.17, 15) is 0 Å². The van der Waals surface area contributed by atoms with Crippen molar-refractivity contribution >= 4 is 0 Å². The summed E-state index contributed by atoms with van der Waals surface area (Å²) in [7, 11) is 0. The minimum Gasteiger partial charge on any atom is -0.264 e. The number of aryl methyl sites for hydroxylation is 1. The largest absolute Gasteiger partial charge is 0.264 e. The van der Waals surface area contributed by atoms with Gasteiger partial charge in [-0.1, -0.05) is 62.1 Å². The van der Waals surface area contributed by atoms with Crippen molar-refractivity contribution in [2.24, 2.45) is 11.3 Å². The maximum Gasteiger partial charge on any atom is 0.0303 e. The van der Waals surface area contributed by atoms with Crippen LogP contribution in [0.25, 0.3) is 0 Å². The highest BCUT2D eigenvalue weighted by atomic mass is 14.6. The predicted octanol–water partition coefficient (Wildman–Crippen LogP) is 7.69. The molecule has 1 unspecified atom stereocenters. The third-order valence-electron chi connectivity index (χ3n) is 6.97. The minimum atomic E-state index is 0.0867. The van der Waals surface area contributed by atoms with Crippen molar-refractivity contribution in [1.29, 1.82) is 0 Å². The zero-order valence-electron chi connectivity index (χ0n) is 18.6. The Kier molecular flexibility index (Phi) is 6.43. The van der Waals surface area contributed by atoms with Crippen LogP contribution in [0.1, 0.15) is 77.3 Å². The average Bonchev–Trinajstić information content (AvgIpc) is 2.59. The number of pyridine rings is 1. The fraction of sp³-hybridized carbons (Fsp3) is 0.519. The van der Waals surface area contributed by atoms with Crippen molar-refractivity contribution in [1.82, 2.24) is 4.98 Å². The van der Waals surface area contributed by atoms with Crippen molar-refractivity contribution in [2.45, 2.75) is 79.6 Å². The van der Waals surface area contributed by atoms with Gasteiger partial charge in [0.15, 0.2) is 0 Å². The van der Waals surface area contributed by atoms with E-state index in [0.717, 1.165) is 18.8 Å². The summed E-state index contributed by atoms with van der Waals surface area (Å²) in [5.41, 5.74) is 9.82. The van der Waals surface area contributed by atoms with E-state index in [1.807, 2.05) is 12.4 Å². The lowest BCUT2D eigenvalue weighted by Gasteiger charge is -2.32. The lowest BCUT2D eigenvalue weighted by atomic mass is 9.72. The monoisotopic (exact) mass is 375 g/mol. The topological polar surface area (TPSA) is 12.9 Å². The van der Waals surface area contributed by atoms with Crippen LogP contribution in [0.2, 0.25) is 0 Å². The van der Waals surface area contributed by atoms with Crippen LogP contribution in [0, 0.1) is 18.3 Å². The SMILES string of the molecule is C=C(C)C1(C)C=C(C)C(/C(Cc2cncc(C)c2)=C(/C)CCC2CCC2)=CC1. The molecule has 1 fully saturated rings. The number of allylic oxidation sites excluding steroid dienone is 7. The quantitative estimate of drug-likeness (QED) is 0.445. The van der Waals surface area contributed by atoms with Crippen LogP contribution in [-0.4, -0.2) is 4.98 Å². The molecule has 1 heteroatoms. The summed E-state index contributed by atoms with van der Waals surface area (Å²) in [6, 6.07) is 2.28. The van der Waals surface area contributed by atoms with E-state index in [2.05, 4.69) is 64.4 Å². The Labute approximate surface area is 172 Å². The van der Waals surface area contributed by atoms with E-state index in [-0.39, 0.29) is 5.41 Å². The fourth-order valence-corrected chi connectivity index (χ4v) is 4.50. The normalized spacial score (nSPS) is 23.5. The zero-order chi connectivity index (χ0) is 20.3. The predicted molar refractivity (Wildman–Crippen MR) is 121 cm³/mol. The van der Waals surface area contributed by atoms with Crippen LogP contribution in [0.4, 0.5) is 0 Å². The summed E-state index contributed by atoms with van der Waals surface area (Å²) < 4.78 is 0. The van der Waals surface area contributed by atoms with Gasteiger partial charge in [0.05, 0.1) is 0 Å². The van der Waals surface area contributed by atoms with Crippen LogP contribution >= 0.6 is 0 Å². The molecule has 0 saturated heterocycles. The molecule has 1 saturated carbocycles. The van der Waals surface area contributed by atoms with E-state index in [4.69, 9.17) is 0 Å². The van der Waals surface area contributed by atoms with Crippen molar-refractivity contribution in [3.8, 4) is 0 Å². The van der Waals surface area contributed by atoms with Gasteiger partial charge in [-0.2, -0.15) is 0 Å². The van der Waals surface area contributed by atoms with E-state index in [1.54, 1.807) is 5.57 Å². The molecular formula is C27H37N. The molecule has 28 heavy (non-hydrogen) atoms. The third kappa shape index (κ3) is 4.74. The van der Waals surface area contributed by atoms with E-state index >= 15 is 0 Å². The molecule has 0 spiro atoms. The van der Waals surface area contributed by atoms with Crippen molar-refractivity contribution in [3.05, 3.63) is 76.2 Å². The van der Waals surface area contributed by atoms with Crippen LogP contribution < -0.4 is 0 Å². The van der Waals surface area contributed by atoms with Crippen LogP contribution in [0.5, 0.6) is 0 Å². The number of hydrogen-bond acceptors (Lipinski definition) is 1. The van der Waals surface area contributed by atoms with Gasteiger partial charge in [-0.05, 0) is 87.1 Å². The molecule has 1 nitrogen and oxygen atoms in total. The zero-order valence-corrected chi connectivity index (χ0v) is 18.6. The highest BCUT2D eigenvalue weighted by molar-refractivity contribution is 5.53. The van der Waals surface area contributed by atoms with E-state index in [0.29, 0.717) is 0 Å². The minimum absolute atomic E-state index is 0.0867. The second-order valence-corrected chi connectivity index (χ2v) is 9.49. The Bertz CT molecular complexity index is 832. The summed E-state index contributed by atoms with van der Waals surface area (Å²) in [5.74, 6) is 0.959. The van der Waals surface area contributed by atoms with Gasteiger partial charge in [0.2, 0.25) is 0 Å². The maximum atomic E-state index is 4.44. The first kappa shape index (κ1) is 20.8. The number of hydrogen-bond donors (Lipinski definition) is 0. The van der Waals surface area contributed by atoms with Crippen molar-refractivity contribution in [3.63, 3.8) is 0 Å². The lowest BCUT2D eigenvalue weighted by Crippen LogP contribution is -2.18. The molecule has 1 atom stereocenters. The average molecular weight is 376 g/mol. The molecule has 0 N–H and O–H groups in total. The van der Waals surface area contributed by atoms with E-state index < -0.39 is 0 Å². The molecule has 150 valence electrons. The summed E-state index contributed by atoms with van der Waals surface area (Å²) in [6.07, 6.45) is 17.8. The first-order chi connectivity index (χ1) is 13.3. The van der Waals surface area contributed by atoms with Gasteiger partial charge in [-0.15, -0.1) is 0 Å². The molecular weight excluding hydrogens is 338 g/mol. The van der Waals surface area contributed by atoms with Gasteiger partial charge in [0.25, 0.3) is 0 Å². The van der Waals surface area contributed by atoms with Crippen LogP contribution in [0.15, 0.2) is 65.1 Å². The summed E-state index contributed by atoms with van der Waals surface area (Å²) in [6.45, 7) is 15.5. The van der Waals surface area contributed by atoms with Gasteiger partial charge in [-0.3, -0.25) is 4.98 Å². The smallest absolute Gasteiger partial charge is 0.0303 e. The standard InChI is InChI=1S/C27H37N/c1-19(2)27(6)13-12-25(22(5)16-27)26(15-24-14-20(3)17-28-18-24)21(4)10-11-23-8-7-9-23/h12,14,16-18,23H,1,7-11,13,15H2,2-6H3/b26-21-. The molecule has 1 heterocycles.